The van der Waals surface area contributed by atoms with E-state index in [-0.39, 0.29) is 37.9 Å². The molecule has 0 radical (unpaired) electrons. The first-order chi connectivity index (χ1) is 16.2. The lowest BCUT2D eigenvalue weighted by Crippen LogP contribution is -2.67. The average molecular weight is 488 g/mol. The molecule has 1 rings (SSSR count). The molecule has 34 heavy (non-hydrogen) atoms. The largest absolute Gasteiger partial charge is 0.456 e. The maximum absolute atomic E-state index is 12.6. The van der Waals surface area contributed by atoms with Gasteiger partial charge in [0.2, 0.25) is 12.2 Å². The predicted molar refractivity (Wildman–Crippen MR) is 118 cm³/mol. The number of amides is 1. The Bertz CT molecular complexity index is 710. The van der Waals surface area contributed by atoms with Gasteiger partial charge in [-0.2, -0.15) is 0 Å². The van der Waals surface area contributed by atoms with Crippen molar-refractivity contribution in [1.82, 2.24) is 5.32 Å². The lowest BCUT2D eigenvalue weighted by molar-refractivity contribution is -0.271. The summed E-state index contributed by atoms with van der Waals surface area (Å²) in [5.74, 6) is -2.61. The van der Waals surface area contributed by atoms with E-state index in [1.54, 1.807) is 20.8 Å². The Morgan fingerprint density at radius 3 is 1.74 bits per heavy atom. The quantitative estimate of drug-likeness (QED) is 0.271. The molecular weight excluding hydrogens is 450 g/mol. The van der Waals surface area contributed by atoms with E-state index in [2.05, 4.69) is 5.32 Å². The van der Waals surface area contributed by atoms with Gasteiger partial charge in [-0.25, -0.2) is 0 Å². The predicted octanol–water partition coefficient (Wildman–Crippen LogP) is 1.32. The molecule has 11 heteroatoms. The third-order valence-corrected chi connectivity index (χ3v) is 5.00. The van der Waals surface area contributed by atoms with Crippen LogP contribution in [0.2, 0.25) is 0 Å². The Morgan fingerprint density at radius 2 is 1.26 bits per heavy atom. The molecule has 5 atom stereocenters. The lowest BCUT2D eigenvalue weighted by Gasteiger charge is -2.44. The lowest BCUT2D eigenvalue weighted by atomic mass is 9.95. The van der Waals surface area contributed by atoms with Crippen LogP contribution in [0.25, 0.3) is 0 Å². The van der Waals surface area contributed by atoms with Crippen LogP contribution in [0, 0.1) is 0 Å². The summed E-state index contributed by atoms with van der Waals surface area (Å²) in [4.78, 5) is 60.7. The minimum Gasteiger partial charge on any atom is -0.456 e. The Labute approximate surface area is 199 Å². The zero-order valence-electron chi connectivity index (χ0n) is 20.4. The topological polar surface area (TPSA) is 155 Å². The number of Topliss-reactive ketones (excluding diaryl/α,β-unsaturated/α-hetero) is 1. The fourth-order valence-corrected chi connectivity index (χ4v) is 3.36. The third-order valence-electron chi connectivity index (χ3n) is 5.00. The van der Waals surface area contributed by atoms with Crippen LogP contribution in [0.5, 0.6) is 0 Å². The van der Waals surface area contributed by atoms with E-state index in [1.165, 1.54) is 6.92 Å². The number of hydrogen-bond acceptors (Lipinski definition) is 10. The van der Waals surface area contributed by atoms with Gasteiger partial charge >= 0.3 is 17.9 Å². The summed E-state index contributed by atoms with van der Waals surface area (Å²) in [6.07, 6.45) is -3.64. The second kappa shape index (κ2) is 15.4. The van der Waals surface area contributed by atoms with Gasteiger partial charge in [0.05, 0.1) is 6.61 Å². The highest BCUT2D eigenvalue weighted by Crippen LogP contribution is 2.28. The van der Waals surface area contributed by atoms with Crippen LogP contribution in [0.1, 0.15) is 79.1 Å². The van der Waals surface area contributed by atoms with Crippen LogP contribution in [0.4, 0.5) is 0 Å². The Kier molecular flexibility index (Phi) is 13.4. The first-order valence-electron chi connectivity index (χ1n) is 11.8. The standard InChI is InChI=1S/C23H37NO10/c1-5-8-17(28)32-21-15(13-25)31-23(34-19(30)10-7-3)20(22(21)33-18(29)9-6-2)24-16(27)12-11-14(4)26/h15,20-23,25H,5-13H2,1-4H3,(H,24,27)/t15-,20-,21+,22?,23+/m1/s1. The van der Waals surface area contributed by atoms with E-state index in [0.29, 0.717) is 19.3 Å². The van der Waals surface area contributed by atoms with Crippen molar-refractivity contribution in [1.29, 1.82) is 0 Å². The molecule has 11 nitrogen and oxygen atoms in total. The molecular formula is C23H37NO10. The van der Waals surface area contributed by atoms with Crippen molar-refractivity contribution in [3.8, 4) is 0 Å². The number of nitrogens with one attached hydrogen (secondary N) is 1. The molecule has 0 spiro atoms. The number of rotatable bonds is 14. The Morgan fingerprint density at radius 1 is 0.765 bits per heavy atom. The molecule has 0 aromatic carbocycles. The van der Waals surface area contributed by atoms with Crippen LogP contribution in [-0.4, -0.2) is 72.0 Å². The van der Waals surface area contributed by atoms with Crippen LogP contribution in [0.15, 0.2) is 0 Å². The number of carbonyl (C=O) groups excluding carboxylic acids is 5. The van der Waals surface area contributed by atoms with E-state index in [9.17, 15) is 29.1 Å². The van der Waals surface area contributed by atoms with E-state index in [4.69, 9.17) is 18.9 Å². The van der Waals surface area contributed by atoms with Gasteiger partial charge in [0.25, 0.3) is 0 Å². The molecule has 1 unspecified atom stereocenters. The SMILES string of the molecule is CCCC(=O)OC1[C@@H](NC(=O)CCC(C)=O)[C@H](OC(=O)CCC)O[C@H](CO)[C@@H]1OC(=O)CCC. The number of aliphatic hydroxyl groups excluding tert-OH is 1. The summed E-state index contributed by atoms with van der Waals surface area (Å²) < 4.78 is 22.2. The molecule has 0 saturated carbocycles. The number of aliphatic hydroxyl groups is 1. The molecule has 1 aliphatic heterocycles. The molecule has 1 aliphatic rings. The molecule has 0 aromatic rings. The summed E-state index contributed by atoms with van der Waals surface area (Å²) in [5.41, 5.74) is 0. The second-order valence-corrected chi connectivity index (χ2v) is 8.17. The summed E-state index contributed by atoms with van der Waals surface area (Å²) in [5, 5.41) is 12.5. The molecule has 194 valence electrons. The molecule has 1 heterocycles. The maximum Gasteiger partial charge on any atom is 0.308 e. The summed E-state index contributed by atoms with van der Waals surface area (Å²) in [6.45, 7) is 6.05. The minimum absolute atomic E-state index is 0.0197. The number of hydrogen-bond donors (Lipinski definition) is 2. The molecule has 2 N–H and O–H groups in total. The number of esters is 3. The number of ketones is 1. The Hall–Kier alpha value is -2.53. The van der Waals surface area contributed by atoms with Crippen LogP contribution in [0.3, 0.4) is 0 Å². The fraction of sp³-hybridized carbons (Fsp3) is 0.783. The monoisotopic (exact) mass is 487 g/mol. The zero-order valence-corrected chi connectivity index (χ0v) is 20.4. The molecule has 0 aliphatic carbocycles. The van der Waals surface area contributed by atoms with Crippen molar-refractivity contribution in [2.45, 2.75) is 110 Å². The van der Waals surface area contributed by atoms with Crippen LogP contribution < -0.4 is 5.32 Å². The van der Waals surface area contributed by atoms with Crippen molar-refractivity contribution < 1.29 is 48.0 Å². The van der Waals surface area contributed by atoms with Crippen molar-refractivity contribution in [3.05, 3.63) is 0 Å². The summed E-state index contributed by atoms with van der Waals surface area (Å²) >= 11 is 0. The highest BCUT2D eigenvalue weighted by Gasteiger charge is 2.52. The zero-order chi connectivity index (χ0) is 25.7. The van der Waals surface area contributed by atoms with Gasteiger partial charge in [0, 0.05) is 32.1 Å². The van der Waals surface area contributed by atoms with Crippen molar-refractivity contribution in [3.63, 3.8) is 0 Å². The van der Waals surface area contributed by atoms with Crippen molar-refractivity contribution in [2.24, 2.45) is 0 Å². The first kappa shape index (κ1) is 29.5. The Balaban J connectivity index is 3.33. The van der Waals surface area contributed by atoms with Gasteiger partial charge < -0.3 is 34.2 Å². The molecule has 0 aromatic heterocycles. The van der Waals surface area contributed by atoms with Gasteiger partial charge in [0.15, 0.2) is 12.2 Å². The maximum atomic E-state index is 12.6. The molecule has 1 amide bonds. The summed E-state index contributed by atoms with van der Waals surface area (Å²) in [7, 11) is 0. The number of ether oxygens (including phenoxy) is 4. The highest BCUT2D eigenvalue weighted by molar-refractivity contribution is 5.83. The van der Waals surface area contributed by atoms with Crippen LogP contribution in [-0.2, 0) is 42.9 Å². The van der Waals surface area contributed by atoms with Gasteiger partial charge in [-0.1, -0.05) is 20.8 Å². The van der Waals surface area contributed by atoms with Crippen molar-refractivity contribution >= 4 is 29.6 Å². The fourth-order valence-electron chi connectivity index (χ4n) is 3.36. The van der Waals surface area contributed by atoms with E-state index >= 15 is 0 Å². The summed E-state index contributed by atoms with van der Waals surface area (Å²) in [6, 6.07) is -1.23. The first-order valence-corrected chi connectivity index (χ1v) is 11.8. The van der Waals surface area contributed by atoms with Gasteiger partial charge in [-0.05, 0) is 26.2 Å². The van der Waals surface area contributed by atoms with Gasteiger partial charge in [-0.15, -0.1) is 0 Å². The number of carbonyl (C=O) groups is 5. The van der Waals surface area contributed by atoms with E-state index in [1.807, 2.05) is 0 Å². The smallest absolute Gasteiger partial charge is 0.308 e. The van der Waals surface area contributed by atoms with Crippen LogP contribution >= 0.6 is 0 Å². The molecule has 0 bridgehead atoms. The third kappa shape index (κ3) is 9.76. The molecule has 1 fully saturated rings. The van der Waals surface area contributed by atoms with Crippen molar-refractivity contribution in [2.75, 3.05) is 6.61 Å². The second-order valence-electron chi connectivity index (χ2n) is 8.17. The minimum atomic E-state index is -1.42. The molecule has 1 saturated heterocycles. The van der Waals surface area contributed by atoms with E-state index in [0.717, 1.165) is 0 Å². The van der Waals surface area contributed by atoms with Gasteiger partial charge in [0.1, 0.15) is 17.9 Å². The average Bonchev–Trinajstić information content (AvgIpc) is 2.76. The highest BCUT2D eigenvalue weighted by atomic mass is 16.7. The van der Waals surface area contributed by atoms with E-state index < -0.39 is 61.1 Å². The normalized spacial score (nSPS) is 24.1. The van der Waals surface area contributed by atoms with Gasteiger partial charge in [-0.3, -0.25) is 19.2 Å².